The first kappa shape index (κ1) is 29.7. The number of benzene rings is 7. The van der Waals surface area contributed by atoms with Crippen molar-refractivity contribution in [3.05, 3.63) is 193 Å². The van der Waals surface area contributed by atoms with E-state index in [4.69, 9.17) is 0 Å². The van der Waals surface area contributed by atoms with Crippen molar-refractivity contribution in [2.24, 2.45) is 0 Å². The molecule has 0 radical (unpaired) electrons. The first-order valence-electron chi connectivity index (χ1n) is 17.3. The van der Waals surface area contributed by atoms with Crippen LogP contribution in [0, 0.1) is 6.92 Å². The molecule has 9 rings (SSSR count). The van der Waals surface area contributed by atoms with Crippen molar-refractivity contribution >= 4 is 27.5 Å². The molecule has 0 spiro atoms. The van der Waals surface area contributed by atoms with Crippen LogP contribution in [-0.4, -0.2) is 11.1 Å². The Bertz CT molecular complexity index is 2550. The van der Waals surface area contributed by atoms with Gasteiger partial charge in [0, 0.05) is 34.3 Å². The van der Waals surface area contributed by atoms with E-state index in [2.05, 4.69) is 199 Å². The fourth-order valence-corrected chi connectivity index (χ4v) is 7.40. The van der Waals surface area contributed by atoms with Crippen LogP contribution in [0.25, 0.3) is 77.7 Å². The van der Waals surface area contributed by atoms with E-state index in [1.165, 1.54) is 83.1 Å². The molecular weight excluding hydrogens is 605 g/mol. The fraction of sp³-hybridized carbons (Fsp3) is 0.0417. The van der Waals surface area contributed by atoms with Crippen LogP contribution in [0.15, 0.2) is 182 Å². The van der Waals surface area contributed by atoms with Crippen LogP contribution >= 0.6 is 0 Å². The molecule has 0 saturated heterocycles. The Kier molecular flexibility index (Phi) is 7.48. The molecule has 1 N–H and O–H groups in total. The third-order valence-electron chi connectivity index (χ3n) is 9.92. The highest BCUT2D eigenvalue weighted by atomic mass is 15.0. The normalized spacial score (nSPS) is 12.6. The summed E-state index contributed by atoms with van der Waals surface area (Å²) in [7, 11) is 0. The van der Waals surface area contributed by atoms with Gasteiger partial charge in [-0.15, -0.1) is 0 Å². The molecule has 2 heterocycles. The molecule has 2 heteroatoms. The summed E-state index contributed by atoms with van der Waals surface area (Å²) >= 11 is 0. The van der Waals surface area contributed by atoms with Crippen molar-refractivity contribution in [2.45, 2.75) is 6.92 Å². The van der Waals surface area contributed by atoms with Gasteiger partial charge >= 0.3 is 0 Å². The zero-order chi connectivity index (χ0) is 33.4. The van der Waals surface area contributed by atoms with Crippen LogP contribution < -0.4 is 5.32 Å². The molecule has 2 nitrogen and oxygen atoms in total. The van der Waals surface area contributed by atoms with E-state index in [0.717, 1.165) is 12.2 Å². The average Bonchev–Trinajstić information content (AvgIpc) is 3.53. The maximum absolute atomic E-state index is 3.54. The molecule has 0 amide bonds. The second-order valence-electron chi connectivity index (χ2n) is 13.1. The van der Waals surface area contributed by atoms with E-state index in [1.54, 1.807) is 0 Å². The minimum atomic E-state index is 0.854. The minimum Gasteiger partial charge on any atom is -0.381 e. The Morgan fingerprint density at radius 2 is 1.00 bits per heavy atom. The van der Waals surface area contributed by atoms with E-state index in [9.17, 15) is 0 Å². The average molecular weight is 641 g/mol. The highest BCUT2D eigenvalue weighted by molar-refractivity contribution is 6.09. The summed E-state index contributed by atoms with van der Waals surface area (Å²) < 4.78 is 2.39. The Labute approximate surface area is 293 Å². The molecule has 0 bridgehead atoms. The lowest BCUT2D eigenvalue weighted by Gasteiger charge is -2.16. The monoisotopic (exact) mass is 640 g/mol. The maximum Gasteiger partial charge on any atom is 0.0541 e. The number of fused-ring (bicyclic) bond motifs is 3. The summed E-state index contributed by atoms with van der Waals surface area (Å²) in [4.78, 5) is 0. The predicted molar refractivity (Wildman–Crippen MR) is 212 cm³/mol. The van der Waals surface area contributed by atoms with Crippen LogP contribution in [0.5, 0.6) is 0 Å². The minimum absolute atomic E-state index is 0.854. The van der Waals surface area contributed by atoms with Crippen LogP contribution in [0.2, 0.25) is 0 Å². The smallest absolute Gasteiger partial charge is 0.0541 e. The van der Waals surface area contributed by atoms with Crippen molar-refractivity contribution in [2.75, 3.05) is 6.54 Å². The number of aromatic nitrogens is 1. The number of nitrogens with zero attached hydrogens (tertiary/aromatic N) is 1. The molecule has 50 heavy (non-hydrogen) atoms. The lowest BCUT2D eigenvalue weighted by Crippen LogP contribution is -2.15. The summed E-state index contributed by atoms with van der Waals surface area (Å²) in [6, 6.07) is 59.9. The second-order valence-corrected chi connectivity index (χ2v) is 13.1. The first-order chi connectivity index (χ1) is 24.7. The Morgan fingerprint density at radius 1 is 0.460 bits per heavy atom. The molecule has 0 saturated carbocycles. The number of hydrogen-bond donors (Lipinski definition) is 1. The van der Waals surface area contributed by atoms with Gasteiger partial charge in [0.1, 0.15) is 0 Å². The van der Waals surface area contributed by atoms with Gasteiger partial charge in [-0.05, 0) is 118 Å². The first-order valence-corrected chi connectivity index (χ1v) is 17.3. The summed E-state index contributed by atoms with van der Waals surface area (Å²) in [6.45, 7) is 3.04. The molecule has 0 atom stereocenters. The molecule has 0 aliphatic carbocycles. The maximum atomic E-state index is 3.54. The quantitative estimate of drug-likeness (QED) is 0.191. The van der Waals surface area contributed by atoms with E-state index in [0.29, 0.717) is 0 Å². The standard InChI is InChI=1S/C48H36N2/c1-33-24-25-38(32-45(33)46-21-9-10-26-49-46)35-15-11-16-36(27-35)40-28-39(34-13-3-2-4-14-34)29-41(30-40)37-17-12-18-42(31-37)50-47-22-7-5-19-43(47)44-20-6-8-23-48(44)50/h2-25,27-32,49H,26H2,1H3. The molecule has 1 aromatic heterocycles. The van der Waals surface area contributed by atoms with Crippen LogP contribution in [0.1, 0.15) is 11.1 Å². The van der Waals surface area contributed by atoms with Gasteiger partial charge < -0.3 is 9.88 Å². The van der Waals surface area contributed by atoms with E-state index >= 15 is 0 Å². The van der Waals surface area contributed by atoms with E-state index in [1.807, 2.05) is 0 Å². The molecule has 7 aromatic carbocycles. The molecule has 1 aliphatic rings. The molecule has 1 aliphatic heterocycles. The number of hydrogen-bond acceptors (Lipinski definition) is 1. The van der Waals surface area contributed by atoms with Gasteiger partial charge in [0.15, 0.2) is 0 Å². The van der Waals surface area contributed by atoms with Crippen LogP contribution in [0.4, 0.5) is 0 Å². The highest BCUT2D eigenvalue weighted by Crippen LogP contribution is 2.37. The van der Waals surface area contributed by atoms with Crippen LogP contribution in [-0.2, 0) is 0 Å². The van der Waals surface area contributed by atoms with Crippen molar-refractivity contribution in [1.29, 1.82) is 0 Å². The van der Waals surface area contributed by atoms with Gasteiger partial charge in [0.05, 0.1) is 11.0 Å². The van der Waals surface area contributed by atoms with Gasteiger partial charge in [-0.25, -0.2) is 0 Å². The summed E-state index contributed by atoms with van der Waals surface area (Å²) in [5.41, 5.74) is 16.9. The third kappa shape index (κ3) is 5.41. The zero-order valence-corrected chi connectivity index (χ0v) is 28.0. The van der Waals surface area contributed by atoms with Gasteiger partial charge in [0.25, 0.3) is 0 Å². The van der Waals surface area contributed by atoms with Crippen molar-refractivity contribution in [3.8, 4) is 50.2 Å². The zero-order valence-electron chi connectivity index (χ0n) is 28.0. The molecular formula is C48H36N2. The van der Waals surface area contributed by atoms with Gasteiger partial charge in [-0.3, -0.25) is 0 Å². The number of rotatable bonds is 6. The predicted octanol–water partition coefficient (Wildman–Crippen LogP) is 12.3. The van der Waals surface area contributed by atoms with Gasteiger partial charge in [0.2, 0.25) is 0 Å². The SMILES string of the molecule is Cc1ccc(-c2cccc(-c3cc(-c4ccccc4)cc(-c4cccc(-n5c6ccccc6c6ccccc65)c4)c3)c2)cc1C1=CC=CCN1. The van der Waals surface area contributed by atoms with E-state index in [-0.39, 0.29) is 0 Å². The molecule has 0 fully saturated rings. The Balaban J connectivity index is 1.17. The highest BCUT2D eigenvalue weighted by Gasteiger charge is 2.14. The Morgan fingerprint density at radius 3 is 1.68 bits per heavy atom. The van der Waals surface area contributed by atoms with Crippen LogP contribution in [0.3, 0.4) is 0 Å². The summed E-state index contributed by atoms with van der Waals surface area (Å²) in [5.74, 6) is 0. The van der Waals surface area contributed by atoms with Crippen molar-refractivity contribution in [1.82, 2.24) is 9.88 Å². The molecule has 238 valence electrons. The largest absolute Gasteiger partial charge is 0.381 e. The number of nitrogens with one attached hydrogen (secondary N) is 1. The lowest BCUT2D eigenvalue weighted by atomic mass is 9.91. The third-order valence-corrected chi connectivity index (χ3v) is 9.92. The topological polar surface area (TPSA) is 17.0 Å². The fourth-order valence-electron chi connectivity index (χ4n) is 7.40. The Hall–Kier alpha value is -6.38. The summed E-state index contributed by atoms with van der Waals surface area (Å²) in [5, 5.41) is 6.08. The van der Waals surface area contributed by atoms with Gasteiger partial charge in [-0.2, -0.15) is 0 Å². The summed E-state index contributed by atoms with van der Waals surface area (Å²) in [6.07, 6.45) is 6.44. The van der Waals surface area contributed by atoms with Crippen molar-refractivity contribution in [3.63, 3.8) is 0 Å². The molecule has 8 aromatic rings. The van der Waals surface area contributed by atoms with Gasteiger partial charge in [-0.1, -0.05) is 121 Å². The van der Waals surface area contributed by atoms with E-state index < -0.39 is 0 Å². The lowest BCUT2D eigenvalue weighted by molar-refractivity contribution is 0.993. The number of para-hydroxylation sites is 2. The molecule has 0 unspecified atom stereocenters. The second kappa shape index (κ2) is 12.6. The number of dihydropyridines is 1. The van der Waals surface area contributed by atoms with Crippen molar-refractivity contribution < 1.29 is 0 Å². The number of allylic oxidation sites excluding steroid dienone is 2. The number of aryl methyl sites for hydroxylation is 1.